The molecule has 7 nitrogen and oxygen atoms in total. The Morgan fingerprint density at radius 3 is 2.61 bits per heavy atom. The number of aromatic amines is 1. The molecule has 0 saturated carbocycles. The molecule has 1 N–H and O–H groups in total. The molecule has 8 heteroatoms. The van der Waals surface area contributed by atoms with E-state index in [-0.39, 0.29) is 23.0 Å². The van der Waals surface area contributed by atoms with Crippen molar-refractivity contribution < 1.29 is 19.1 Å². The van der Waals surface area contributed by atoms with Crippen molar-refractivity contribution in [2.75, 3.05) is 20.0 Å². The van der Waals surface area contributed by atoms with Gasteiger partial charge in [0.25, 0.3) is 5.56 Å². The lowest BCUT2D eigenvalue weighted by Crippen LogP contribution is -2.14. The van der Waals surface area contributed by atoms with Gasteiger partial charge in [-0.1, -0.05) is 11.8 Å². The van der Waals surface area contributed by atoms with Crippen molar-refractivity contribution in [2.24, 2.45) is 0 Å². The number of nitrogens with one attached hydrogen (secondary N) is 1. The van der Waals surface area contributed by atoms with E-state index in [4.69, 9.17) is 0 Å². The maximum atomic E-state index is 11.3. The second kappa shape index (κ2) is 6.80. The number of methoxy groups -OCH3 is 2. The van der Waals surface area contributed by atoms with E-state index in [2.05, 4.69) is 19.4 Å². The van der Waals surface area contributed by atoms with Gasteiger partial charge in [0, 0.05) is 6.07 Å². The number of H-pyrrole nitrogens is 1. The molecule has 0 saturated heterocycles. The predicted molar refractivity (Wildman–Crippen MR) is 63.3 cm³/mol. The molecule has 0 amide bonds. The lowest BCUT2D eigenvalue weighted by Gasteiger charge is -2.02. The minimum absolute atomic E-state index is 0.0289. The van der Waals surface area contributed by atoms with Crippen LogP contribution in [0.3, 0.4) is 0 Å². The van der Waals surface area contributed by atoms with Gasteiger partial charge in [0.05, 0.1) is 32.1 Å². The van der Waals surface area contributed by atoms with Gasteiger partial charge in [0.15, 0.2) is 5.16 Å². The van der Waals surface area contributed by atoms with Gasteiger partial charge >= 0.3 is 11.9 Å². The average molecular weight is 272 g/mol. The number of thioether (sulfide) groups is 1. The van der Waals surface area contributed by atoms with Gasteiger partial charge in [-0.05, 0) is 0 Å². The normalized spacial score (nSPS) is 9.89. The zero-order valence-corrected chi connectivity index (χ0v) is 10.7. The highest BCUT2D eigenvalue weighted by atomic mass is 32.2. The molecule has 1 rings (SSSR count). The molecule has 0 spiro atoms. The number of carbonyl (C=O) groups is 2. The summed E-state index contributed by atoms with van der Waals surface area (Å²) in [5.74, 6) is -0.890. The molecule has 1 aromatic rings. The third kappa shape index (κ3) is 4.58. The molecule has 0 unspecified atom stereocenters. The fourth-order valence-corrected chi connectivity index (χ4v) is 1.78. The fraction of sp³-hybridized carbons (Fsp3) is 0.400. The molecule has 18 heavy (non-hydrogen) atoms. The maximum absolute atomic E-state index is 11.3. The van der Waals surface area contributed by atoms with Gasteiger partial charge in [0.2, 0.25) is 0 Å². The molecule has 0 aliphatic carbocycles. The molecule has 1 aromatic heterocycles. The Bertz CT molecular complexity index is 499. The van der Waals surface area contributed by atoms with Crippen LogP contribution in [0, 0.1) is 0 Å². The van der Waals surface area contributed by atoms with Gasteiger partial charge in [-0.3, -0.25) is 14.4 Å². The van der Waals surface area contributed by atoms with Crippen LogP contribution < -0.4 is 5.56 Å². The third-order valence-corrected chi connectivity index (χ3v) is 2.73. The number of aromatic nitrogens is 2. The highest BCUT2D eigenvalue weighted by molar-refractivity contribution is 7.99. The summed E-state index contributed by atoms with van der Waals surface area (Å²) in [7, 11) is 2.52. The van der Waals surface area contributed by atoms with Gasteiger partial charge in [-0.2, -0.15) is 0 Å². The number of hydrogen-bond acceptors (Lipinski definition) is 7. The summed E-state index contributed by atoms with van der Waals surface area (Å²) < 4.78 is 8.94. The van der Waals surface area contributed by atoms with Gasteiger partial charge < -0.3 is 14.5 Å². The van der Waals surface area contributed by atoms with Gasteiger partial charge in [0.1, 0.15) is 0 Å². The summed E-state index contributed by atoms with van der Waals surface area (Å²) in [6, 6.07) is 1.21. The number of ether oxygens (including phenoxy) is 2. The molecule has 98 valence electrons. The quantitative estimate of drug-likeness (QED) is 0.448. The molecular weight excluding hydrogens is 260 g/mol. The van der Waals surface area contributed by atoms with E-state index >= 15 is 0 Å². The van der Waals surface area contributed by atoms with Crippen LogP contribution in [-0.2, 0) is 25.5 Å². The molecule has 0 fully saturated rings. The Morgan fingerprint density at radius 1 is 1.33 bits per heavy atom. The first-order valence-electron chi connectivity index (χ1n) is 4.92. The van der Waals surface area contributed by atoms with Gasteiger partial charge in [-0.15, -0.1) is 0 Å². The van der Waals surface area contributed by atoms with Crippen molar-refractivity contribution in [3.63, 3.8) is 0 Å². The van der Waals surface area contributed by atoms with Crippen molar-refractivity contribution in [1.29, 1.82) is 0 Å². The molecule has 1 heterocycles. The van der Waals surface area contributed by atoms with Crippen LogP contribution in [0.2, 0.25) is 0 Å². The third-order valence-electron chi connectivity index (χ3n) is 1.88. The van der Waals surface area contributed by atoms with Crippen molar-refractivity contribution in [3.05, 3.63) is 22.1 Å². The molecule has 0 radical (unpaired) electrons. The molecule has 0 aromatic carbocycles. The van der Waals surface area contributed by atoms with E-state index in [1.807, 2.05) is 0 Å². The highest BCUT2D eigenvalue weighted by Gasteiger charge is 2.09. The first-order valence-corrected chi connectivity index (χ1v) is 5.90. The smallest absolute Gasteiger partial charge is 0.316 e. The summed E-state index contributed by atoms with van der Waals surface area (Å²) in [6.45, 7) is 0. The topological polar surface area (TPSA) is 98.3 Å². The lowest BCUT2D eigenvalue weighted by atomic mass is 10.3. The Kier molecular flexibility index (Phi) is 5.37. The van der Waals surface area contributed by atoms with Crippen LogP contribution in [0.15, 0.2) is 16.0 Å². The van der Waals surface area contributed by atoms with Crippen molar-refractivity contribution in [3.8, 4) is 0 Å². The monoisotopic (exact) mass is 272 g/mol. The molecule has 0 aliphatic heterocycles. The summed E-state index contributed by atoms with van der Waals surface area (Å²) >= 11 is 1.02. The van der Waals surface area contributed by atoms with Crippen LogP contribution in [0.5, 0.6) is 0 Å². The number of hydrogen-bond donors (Lipinski definition) is 1. The SMILES string of the molecule is COC(=O)CSc1nc(CC(=O)OC)cc(=O)[nH]1. The summed E-state index contributed by atoms with van der Waals surface area (Å²) in [5, 5.41) is 0.256. The summed E-state index contributed by atoms with van der Waals surface area (Å²) in [6.07, 6.45) is -0.0911. The van der Waals surface area contributed by atoms with Crippen LogP contribution in [0.25, 0.3) is 0 Å². The first kappa shape index (κ1) is 14.2. The minimum atomic E-state index is -0.489. The van der Waals surface area contributed by atoms with E-state index in [0.29, 0.717) is 0 Å². The molecule has 0 bridgehead atoms. The summed E-state index contributed by atoms with van der Waals surface area (Å²) in [5.41, 5.74) is -0.103. The second-order valence-corrected chi connectivity index (χ2v) is 4.12. The second-order valence-electron chi connectivity index (χ2n) is 3.16. The zero-order chi connectivity index (χ0) is 13.5. The zero-order valence-electron chi connectivity index (χ0n) is 9.89. The Balaban J connectivity index is 2.77. The van der Waals surface area contributed by atoms with Crippen molar-refractivity contribution >= 4 is 23.7 Å². The predicted octanol–water partition coefficient (Wildman–Crippen LogP) is -0.250. The van der Waals surface area contributed by atoms with Crippen molar-refractivity contribution in [2.45, 2.75) is 11.6 Å². The van der Waals surface area contributed by atoms with E-state index < -0.39 is 17.5 Å². The van der Waals surface area contributed by atoms with E-state index in [1.165, 1.54) is 20.3 Å². The number of esters is 2. The van der Waals surface area contributed by atoms with Crippen LogP contribution in [-0.4, -0.2) is 41.9 Å². The Hall–Kier alpha value is -1.83. The maximum Gasteiger partial charge on any atom is 0.316 e. The van der Waals surface area contributed by atoms with Crippen LogP contribution in [0.4, 0.5) is 0 Å². The molecule has 0 aliphatic rings. The number of nitrogens with zero attached hydrogens (tertiary/aromatic N) is 1. The lowest BCUT2D eigenvalue weighted by molar-refractivity contribution is -0.140. The minimum Gasteiger partial charge on any atom is -0.469 e. The standard InChI is InChI=1S/C10H12N2O5S/c1-16-8(14)4-6-3-7(13)12-10(11-6)18-5-9(15)17-2/h3H,4-5H2,1-2H3,(H,11,12,13). The van der Waals surface area contributed by atoms with Crippen LogP contribution in [0.1, 0.15) is 5.69 Å². The fourth-order valence-electron chi connectivity index (χ4n) is 1.05. The largest absolute Gasteiger partial charge is 0.469 e. The van der Waals surface area contributed by atoms with E-state index in [1.54, 1.807) is 0 Å². The Morgan fingerprint density at radius 2 is 2.00 bits per heavy atom. The Labute approximate surface area is 107 Å². The summed E-state index contributed by atoms with van der Waals surface area (Å²) in [4.78, 5) is 39.8. The molecular formula is C10H12N2O5S. The van der Waals surface area contributed by atoms with Crippen molar-refractivity contribution in [1.82, 2.24) is 9.97 Å². The van der Waals surface area contributed by atoms with Crippen LogP contribution >= 0.6 is 11.8 Å². The first-order chi connectivity index (χ1) is 8.55. The molecule has 0 atom stereocenters. The van der Waals surface area contributed by atoms with Gasteiger partial charge in [-0.25, -0.2) is 4.98 Å². The van der Waals surface area contributed by atoms with E-state index in [9.17, 15) is 14.4 Å². The average Bonchev–Trinajstić information content (AvgIpc) is 2.35. The number of carbonyl (C=O) groups excluding carboxylic acids is 2. The number of rotatable bonds is 5. The van der Waals surface area contributed by atoms with E-state index in [0.717, 1.165) is 11.8 Å². The highest BCUT2D eigenvalue weighted by Crippen LogP contribution is 2.11.